The lowest BCUT2D eigenvalue weighted by molar-refractivity contribution is 0.627. The van der Waals surface area contributed by atoms with E-state index in [1.807, 2.05) is 30.2 Å². The van der Waals surface area contributed by atoms with Crippen molar-refractivity contribution in [2.75, 3.05) is 25.0 Å². The van der Waals surface area contributed by atoms with Gasteiger partial charge in [0.15, 0.2) is 0 Å². The molecule has 76 valence electrons. The van der Waals surface area contributed by atoms with Crippen molar-refractivity contribution < 1.29 is 4.39 Å². The molecule has 0 aromatic heterocycles. The van der Waals surface area contributed by atoms with E-state index in [0.717, 1.165) is 12.2 Å². The summed E-state index contributed by atoms with van der Waals surface area (Å²) in [7, 11) is 1.91. The van der Waals surface area contributed by atoms with Gasteiger partial charge in [0, 0.05) is 25.8 Å². The highest BCUT2D eigenvalue weighted by Gasteiger charge is 1.98. The summed E-state index contributed by atoms with van der Waals surface area (Å²) in [6, 6.07) is 6.52. The Labute approximate surface area is 83.8 Å². The number of rotatable bonds is 4. The Balaban J connectivity index is 2.60. The highest BCUT2D eigenvalue weighted by Crippen LogP contribution is 2.13. The summed E-state index contributed by atoms with van der Waals surface area (Å²) in [5, 5.41) is 0. The van der Waals surface area contributed by atoms with Crippen LogP contribution in [0, 0.1) is 5.82 Å². The average molecular weight is 194 g/mol. The van der Waals surface area contributed by atoms with Crippen LogP contribution in [0.25, 0.3) is 0 Å². The lowest BCUT2D eigenvalue weighted by atomic mass is 10.3. The number of nitrogens with zero attached hydrogens (tertiary/aromatic N) is 1. The minimum atomic E-state index is -0.211. The third-order valence-electron chi connectivity index (χ3n) is 1.93. The van der Waals surface area contributed by atoms with Crippen LogP contribution in [0.1, 0.15) is 0 Å². The van der Waals surface area contributed by atoms with E-state index < -0.39 is 0 Å². The predicted molar refractivity (Wildman–Crippen MR) is 57.9 cm³/mol. The van der Waals surface area contributed by atoms with Gasteiger partial charge < -0.3 is 10.6 Å². The molecule has 1 aromatic rings. The van der Waals surface area contributed by atoms with Crippen LogP contribution in [0.15, 0.2) is 36.4 Å². The van der Waals surface area contributed by atoms with Crippen LogP contribution in [0.4, 0.5) is 10.1 Å². The zero-order chi connectivity index (χ0) is 10.4. The quantitative estimate of drug-likeness (QED) is 0.740. The van der Waals surface area contributed by atoms with E-state index in [9.17, 15) is 4.39 Å². The number of halogens is 1. The van der Waals surface area contributed by atoms with E-state index in [4.69, 9.17) is 5.73 Å². The highest BCUT2D eigenvalue weighted by molar-refractivity contribution is 5.46. The van der Waals surface area contributed by atoms with Gasteiger partial charge in [-0.05, 0) is 18.2 Å². The van der Waals surface area contributed by atoms with E-state index in [-0.39, 0.29) is 5.82 Å². The monoisotopic (exact) mass is 194 g/mol. The van der Waals surface area contributed by atoms with Crippen molar-refractivity contribution in [1.29, 1.82) is 0 Å². The molecular formula is C11H15FN2. The van der Waals surface area contributed by atoms with Crippen molar-refractivity contribution >= 4 is 5.69 Å². The number of hydrogen-bond donors (Lipinski definition) is 1. The summed E-state index contributed by atoms with van der Waals surface area (Å²) < 4.78 is 12.9. The summed E-state index contributed by atoms with van der Waals surface area (Å²) in [4.78, 5) is 1.95. The van der Waals surface area contributed by atoms with Crippen LogP contribution < -0.4 is 10.6 Å². The molecule has 0 amide bonds. The molecule has 0 aliphatic rings. The molecule has 0 saturated heterocycles. The van der Waals surface area contributed by atoms with Crippen molar-refractivity contribution in [3.05, 3.63) is 42.2 Å². The minimum absolute atomic E-state index is 0.211. The van der Waals surface area contributed by atoms with Crippen LogP contribution in [0.5, 0.6) is 0 Å². The van der Waals surface area contributed by atoms with Crippen LogP contribution in [0.2, 0.25) is 0 Å². The second kappa shape index (κ2) is 5.40. The van der Waals surface area contributed by atoms with Gasteiger partial charge in [-0.15, -0.1) is 0 Å². The maximum atomic E-state index is 12.9. The summed E-state index contributed by atoms with van der Waals surface area (Å²) in [6.45, 7) is 1.28. The number of anilines is 1. The molecule has 2 N–H and O–H groups in total. The average Bonchev–Trinajstić information content (AvgIpc) is 2.18. The Kier molecular flexibility index (Phi) is 4.13. The van der Waals surface area contributed by atoms with E-state index in [2.05, 4.69) is 0 Å². The molecule has 0 saturated carbocycles. The fraction of sp³-hybridized carbons (Fsp3) is 0.273. The van der Waals surface area contributed by atoms with Crippen LogP contribution in [0.3, 0.4) is 0 Å². The SMILES string of the molecule is CN(CC=CCN)c1cccc(F)c1. The van der Waals surface area contributed by atoms with Gasteiger partial charge in [-0.1, -0.05) is 18.2 Å². The van der Waals surface area contributed by atoms with Gasteiger partial charge in [0.05, 0.1) is 0 Å². The standard InChI is InChI=1S/C11H15FN2/c1-14(8-3-2-7-13)11-6-4-5-10(12)9-11/h2-6,9H,7-8,13H2,1H3. The van der Waals surface area contributed by atoms with Gasteiger partial charge in [-0.3, -0.25) is 0 Å². The molecule has 3 heteroatoms. The molecule has 0 unspecified atom stereocenters. The smallest absolute Gasteiger partial charge is 0.125 e. The predicted octanol–water partition coefficient (Wildman–Crippen LogP) is 1.78. The molecule has 0 bridgehead atoms. The molecule has 2 nitrogen and oxygen atoms in total. The lowest BCUT2D eigenvalue weighted by Crippen LogP contribution is -2.17. The van der Waals surface area contributed by atoms with Crippen LogP contribution in [-0.4, -0.2) is 20.1 Å². The Morgan fingerprint density at radius 1 is 1.43 bits per heavy atom. The molecule has 0 heterocycles. The summed E-state index contributed by atoms with van der Waals surface area (Å²) in [6.07, 6.45) is 3.85. The molecule has 0 fully saturated rings. The summed E-state index contributed by atoms with van der Waals surface area (Å²) in [5.41, 5.74) is 6.18. The minimum Gasteiger partial charge on any atom is -0.371 e. The van der Waals surface area contributed by atoms with Crippen LogP contribution >= 0.6 is 0 Å². The highest BCUT2D eigenvalue weighted by atomic mass is 19.1. The van der Waals surface area contributed by atoms with Gasteiger partial charge >= 0.3 is 0 Å². The molecule has 14 heavy (non-hydrogen) atoms. The van der Waals surface area contributed by atoms with Gasteiger partial charge in [0.25, 0.3) is 0 Å². The van der Waals surface area contributed by atoms with Gasteiger partial charge in [-0.25, -0.2) is 4.39 Å². The molecule has 0 aliphatic carbocycles. The molecule has 0 aliphatic heterocycles. The molecule has 0 spiro atoms. The van der Waals surface area contributed by atoms with Gasteiger partial charge in [0.1, 0.15) is 5.82 Å². The van der Waals surface area contributed by atoms with Crippen molar-refractivity contribution in [1.82, 2.24) is 0 Å². The third-order valence-corrected chi connectivity index (χ3v) is 1.93. The van der Waals surface area contributed by atoms with Crippen molar-refractivity contribution in [2.24, 2.45) is 5.73 Å². The van der Waals surface area contributed by atoms with E-state index in [1.165, 1.54) is 12.1 Å². The zero-order valence-electron chi connectivity index (χ0n) is 8.28. The maximum absolute atomic E-state index is 12.9. The van der Waals surface area contributed by atoms with Crippen molar-refractivity contribution in [3.63, 3.8) is 0 Å². The fourth-order valence-electron chi connectivity index (χ4n) is 1.15. The summed E-state index contributed by atoms with van der Waals surface area (Å²) >= 11 is 0. The van der Waals surface area contributed by atoms with Crippen molar-refractivity contribution in [2.45, 2.75) is 0 Å². The largest absolute Gasteiger partial charge is 0.371 e. The number of likely N-dealkylation sites (N-methyl/N-ethyl adjacent to an activating group) is 1. The first-order valence-electron chi connectivity index (χ1n) is 4.56. The number of hydrogen-bond acceptors (Lipinski definition) is 2. The first kappa shape index (κ1) is 10.7. The normalized spacial score (nSPS) is 10.8. The Hall–Kier alpha value is -1.35. The van der Waals surface area contributed by atoms with E-state index in [0.29, 0.717) is 6.54 Å². The molecule has 0 atom stereocenters. The molecule has 0 radical (unpaired) electrons. The zero-order valence-corrected chi connectivity index (χ0v) is 8.28. The van der Waals surface area contributed by atoms with Gasteiger partial charge in [-0.2, -0.15) is 0 Å². The molecule has 1 aromatic carbocycles. The summed E-state index contributed by atoms with van der Waals surface area (Å²) in [5.74, 6) is -0.211. The second-order valence-corrected chi connectivity index (χ2v) is 3.07. The first-order chi connectivity index (χ1) is 6.74. The van der Waals surface area contributed by atoms with Crippen molar-refractivity contribution in [3.8, 4) is 0 Å². The van der Waals surface area contributed by atoms with Gasteiger partial charge in [0.2, 0.25) is 0 Å². The number of benzene rings is 1. The Morgan fingerprint density at radius 2 is 2.21 bits per heavy atom. The first-order valence-corrected chi connectivity index (χ1v) is 4.56. The molecular weight excluding hydrogens is 179 g/mol. The van der Waals surface area contributed by atoms with Crippen LogP contribution in [-0.2, 0) is 0 Å². The Bertz CT molecular complexity index is 310. The second-order valence-electron chi connectivity index (χ2n) is 3.07. The fourth-order valence-corrected chi connectivity index (χ4v) is 1.15. The topological polar surface area (TPSA) is 29.3 Å². The Morgan fingerprint density at radius 3 is 2.86 bits per heavy atom. The number of nitrogens with two attached hydrogens (primary N) is 1. The third kappa shape index (κ3) is 3.18. The molecule has 1 rings (SSSR count). The maximum Gasteiger partial charge on any atom is 0.125 e. The lowest BCUT2D eigenvalue weighted by Gasteiger charge is -2.16. The van der Waals surface area contributed by atoms with E-state index >= 15 is 0 Å². The van der Waals surface area contributed by atoms with E-state index in [1.54, 1.807) is 6.07 Å².